The quantitative estimate of drug-likeness (QED) is 0.112. The second kappa shape index (κ2) is 15.3. The summed E-state index contributed by atoms with van der Waals surface area (Å²) in [7, 11) is 3.62. The normalized spacial score (nSPS) is 19.1. The van der Waals surface area contributed by atoms with Crippen LogP contribution in [-0.2, 0) is 22.8 Å². The number of piperidine rings is 1. The maximum absolute atomic E-state index is 14.1. The Morgan fingerprint density at radius 1 is 1.05 bits per heavy atom. The van der Waals surface area contributed by atoms with Crippen LogP contribution in [0.1, 0.15) is 84.3 Å². The van der Waals surface area contributed by atoms with Gasteiger partial charge in [0.05, 0.1) is 40.4 Å². The number of imide groups is 1. The molecule has 0 spiro atoms. The summed E-state index contributed by atoms with van der Waals surface area (Å²) in [5.74, 6) is 4.88. The number of benzene rings is 2. The largest absolute Gasteiger partial charge is 0.433 e. The number of amides is 3. The van der Waals surface area contributed by atoms with Crippen LogP contribution >= 0.6 is 0 Å². The molecule has 3 aromatic heterocycles. The maximum Gasteiger partial charge on any atom is 0.433 e. The summed E-state index contributed by atoms with van der Waals surface area (Å²) in [4.78, 5) is 55.7. The molecule has 1 atom stereocenters. The van der Waals surface area contributed by atoms with Gasteiger partial charge in [0.2, 0.25) is 11.8 Å². The Bertz CT molecular complexity index is 2470. The van der Waals surface area contributed by atoms with Gasteiger partial charge in [-0.05, 0) is 81.5 Å². The number of hydrogen-bond acceptors (Lipinski definition) is 7. The number of imidazole rings is 1. The molecule has 17 heteroatoms. The molecule has 5 aromatic rings. The van der Waals surface area contributed by atoms with Crippen LogP contribution < -0.4 is 16.3 Å². The average Bonchev–Trinajstić information content (AvgIpc) is 3.69. The van der Waals surface area contributed by atoms with Crippen LogP contribution in [0.15, 0.2) is 59.5 Å². The van der Waals surface area contributed by atoms with E-state index in [1.165, 1.54) is 21.3 Å². The first kappa shape index (κ1) is 38.4. The van der Waals surface area contributed by atoms with Gasteiger partial charge in [-0.25, -0.2) is 18.6 Å². The van der Waals surface area contributed by atoms with Crippen molar-refractivity contribution in [3.05, 3.63) is 87.7 Å². The van der Waals surface area contributed by atoms with Gasteiger partial charge in [-0.15, -0.1) is 0 Å². The van der Waals surface area contributed by atoms with E-state index >= 15 is 0 Å². The molecule has 56 heavy (non-hydrogen) atoms. The van der Waals surface area contributed by atoms with Crippen molar-refractivity contribution in [3.8, 4) is 11.8 Å². The van der Waals surface area contributed by atoms with Gasteiger partial charge in [-0.3, -0.25) is 38.4 Å². The highest BCUT2D eigenvalue weighted by atomic mass is 19.4. The third kappa shape index (κ3) is 7.79. The number of carbonyl (C=O) groups is 3. The minimum atomic E-state index is -4.78. The minimum absolute atomic E-state index is 0.0192. The molecule has 2 fully saturated rings. The van der Waals surface area contributed by atoms with Crippen LogP contribution in [0.4, 0.5) is 27.6 Å². The zero-order valence-corrected chi connectivity index (χ0v) is 30.4. The van der Waals surface area contributed by atoms with Gasteiger partial charge in [0, 0.05) is 37.2 Å². The molecule has 0 bridgehead atoms. The van der Waals surface area contributed by atoms with Crippen LogP contribution in [0.3, 0.4) is 0 Å². The Hall–Kier alpha value is -5.89. The lowest BCUT2D eigenvalue weighted by Gasteiger charge is -2.30. The van der Waals surface area contributed by atoms with E-state index in [1.807, 2.05) is 13.1 Å². The van der Waals surface area contributed by atoms with Crippen LogP contribution in [0.25, 0.3) is 21.9 Å². The Morgan fingerprint density at radius 2 is 1.80 bits per heavy atom. The molecular formula is C39H37F5N8O4. The fourth-order valence-electron chi connectivity index (χ4n) is 7.62. The Balaban J connectivity index is 0.977. The first-order valence-corrected chi connectivity index (χ1v) is 18.1. The fraction of sp³-hybridized carbons (Fsp3) is 0.385. The van der Waals surface area contributed by atoms with E-state index in [0.29, 0.717) is 46.0 Å². The van der Waals surface area contributed by atoms with Gasteiger partial charge >= 0.3 is 11.9 Å². The van der Waals surface area contributed by atoms with Crippen molar-refractivity contribution in [2.24, 2.45) is 13.0 Å². The van der Waals surface area contributed by atoms with Crippen molar-refractivity contribution in [3.63, 3.8) is 0 Å². The van der Waals surface area contributed by atoms with Crippen molar-refractivity contribution in [1.29, 1.82) is 0 Å². The molecule has 1 saturated heterocycles. The summed E-state index contributed by atoms with van der Waals surface area (Å²) in [6.07, 6.45) is -2.27. The predicted octanol–water partition coefficient (Wildman–Crippen LogP) is 5.99. The number of rotatable bonds is 8. The molecule has 1 unspecified atom stereocenters. The number of aromatic nitrogens is 5. The Morgan fingerprint density at radius 3 is 2.52 bits per heavy atom. The van der Waals surface area contributed by atoms with Crippen molar-refractivity contribution < 1.29 is 36.3 Å². The van der Waals surface area contributed by atoms with Gasteiger partial charge in [0.15, 0.2) is 0 Å². The SMILES string of the molecule is CN(CC#Cc1cccc2c1n(C)c(=O)n2C1CCC(=O)NC1=O)CC1CCC(n2cc3cc(NC(=O)c4cccc(C(F)(F)F)n4)c(C(F)F)cc3n2)CC1. The summed E-state index contributed by atoms with van der Waals surface area (Å²) in [5, 5.41) is 9.68. The number of pyridine rings is 1. The van der Waals surface area contributed by atoms with Crippen molar-refractivity contribution in [1.82, 2.24) is 34.1 Å². The third-order valence-electron chi connectivity index (χ3n) is 10.4. The van der Waals surface area contributed by atoms with Crippen LogP contribution in [0.2, 0.25) is 0 Å². The molecule has 7 rings (SSSR count). The van der Waals surface area contributed by atoms with E-state index in [4.69, 9.17) is 0 Å². The lowest BCUT2D eigenvalue weighted by molar-refractivity contribution is -0.141. The number of fused-ring (bicyclic) bond motifs is 2. The molecule has 3 amide bonds. The van der Waals surface area contributed by atoms with Gasteiger partial charge in [0.1, 0.15) is 17.4 Å². The first-order valence-electron chi connectivity index (χ1n) is 18.1. The molecule has 4 heterocycles. The molecule has 1 aliphatic heterocycles. The average molecular weight is 777 g/mol. The molecule has 2 aliphatic rings. The van der Waals surface area contributed by atoms with E-state index in [0.717, 1.165) is 44.4 Å². The number of hydrogen-bond donors (Lipinski definition) is 2. The number of nitrogens with zero attached hydrogens (tertiary/aromatic N) is 6. The molecule has 2 N–H and O–H groups in total. The zero-order chi connectivity index (χ0) is 39.9. The number of halogens is 5. The summed E-state index contributed by atoms with van der Waals surface area (Å²) in [6, 6.07) is 9.96. The molecule has 2 aromatic carbocycles. The fourth-order valence-corrected chi connectivity index (χ4v) is 7.62. The maximum atomic E-state index is 14.1. The van der Waals surface area contributed by atoms with Crippen molar-refractivity contribution in [2.75, 3.05) is 25.5 Å². The number of carbonyl (C=O) groups excluding carboxylic acids is 3. The second-order valence-electron chi connectivity index (χ2n) is 14.3. The minimum Gasteiger partial charge on any atom is -0.320 e. The molecule has 1 aliphatic carbocycles. The van der Waals surface area contributed by atoms with E-state index in [1.54, 1.807) is 30.1 Å². The Kier molecular flexibility index (Phi) is 10.5. The molecule has 12 nitrogen and oxygen atoms in total. The smallest absolute Gasteiger partial charge is 0.320 e. The molecule has 1 saturated carbocycles. The number of aryl methyl sites for hydroxylation is 1. The standard InChI is InChI=1S/C39H37F5N8O4/c1-49(17-5-7-23-6-3-9-30-34(23)50(2)38(56)52(30)31-15-16-33(53)47-37(31)55)20-22-11-13-25(14-12-22)51-21-24-18-29(26(35(40)41)19-28(24)48-51)46-36(54)27-8-4-10-32(45-27)39(42,43)44/h3-4,6,8-10,18-19,21-22,25,31,35H,11-17,20H2,1-2H3,(H,46,54)(H,47,53,55). The number of nitrogens with one attached hydrogen (secondary N) is 2. The Labute approximate surface area is 316 Å². The van der Waals surface area contributed by atoms with Crippen molar-refractivity contribution in [2.45, 2.75) is 63.2 Å². The highest BCUT2D eigenvalue weighted by Gasteiger charge is 2.34. The van der Waals surface area contributed by atoms with Crippen molar-refractivity contribution >= 4 is 45.3 Å². The second-order valence-corrected chi connectivity index (χ2v) is 14.3. The lowest BCUT2D eigenvalue weighted by atomic mass is 9.86. The summed E-state index contributed by atoms with van der Waals surface area (Å²) in [6.45, 7) is 1.26. The topological polar surface area (TPSA) is 136 Å². The zero-order valence-electron chi connectivity index (χ0n) is 30.4. The van der Waals surface area contributed by atoms with Gasteiger partial charge < -0.3 is 5.32 Å². The van der Waals surface area contributed by atoms with Gasteiger partial charge in [-0.2, -0.15) is 18.3 Å². The first-order chi connectivity index (χ1) is 26.7. The number of alkyl halides is 5. The summed E-state index contributed by atoms with van der Waals surface area (Å²) in [5.41, 5.74) is -0.801. The third-order valence-corrected chi connectivity index (χ3v) is 10.4. The highest BCUT2D eigenvalue weighted by Crippen LogP contribution is 2.36. The number of para-hydroxylation sites is 1. The summed E-state index contributed by atoms with van der Waals surface area (Å²) < 4.78 is 72.2. The van der Waals surface area contributed by atoms with Gasteiger partial charge in [-0.1, -0.05) is 24.0 Å². The number of anilines is 1. The lowest BCUT2D eigenvalue weighted by Crippen LogP contribution is -2.44. The highest BCUT2D eigenvalue weighted by molar-refractivity contribution is 6.04. The van der Waals surface area contributed by atoms with E-state index in [2.05, 4.69) is 37.5 Å². The molecule has 0 radical (unpaired) electrons. The van der Waals surface area contributed by atoms with E-state index in [9.17, 15) is 41.1 Å². The van der Waals surface area contributed by atoms with Crippen LogP contribution in [0.5, 0.6) is 0 Å². The van der Waals surface area contributed by atoms with Crippen LogP contribution in [-0.4, -0.2) is 66.7 Å². The van der Waals surface area contributed by atoms with E-state index in [-0.39, 0.29) is 36.2 Å². The monoisotopic (exact) mass is 776 g/mol. The van der Waals surface area contributed by atoms with E-state index < -0.39 is 47.4 Å². The predicted molar refractivity (Wildman–Crippen MR) is 196 cm³/mol. The van der Waals surface area contributed by atoms with Gasteiger partial charge in [0.25, 0.3) is 12.3 Å². The van der Waals surface area contributed by atoms with Crippen LogP contribution in [0, 0.1) is 17.8 Å². The summed E-state index contributed by atoms with van der Waals surface area (Å²) >= 11 is 0. The molecule has 292 valence electrons. The molecular weight excluding hydrogens is 739 g/mol.